The first-order chi connectivity index (χ1) is 18.8. The molecule has 212 valence electrons. The van der Waals surface area contributed by atoms with E-state index in [0.717, 1.165) is 61.2 Å². The maximum atomic E-state index is 13.2. The molecule has 1 N–H and O–H groups in total. The van der Waals surface area contributed by atoms with Crippen LogP contribution in [0.15, 0.2) is 36.4 Å². The molecule has 6 unspecified atom stereocenters. The third-order valence-corrected chi connectivity index (χ3v) is 11.1. The summed E-state index contributed by atoms with van der Waals surface area (Å²) >= 11 is 6.39. The van der Waals surface area contributed by atoms with Crippen molar-refractivity contribution in [1.29, 1.82) is 0 Å². The zero-order chi connectivity index (χ0) is 27.5. The van der Waals surface area contributed by atoms with Gasteiger partial charge in [0, 0.05) is 29.6 Å². The Kier molecular flexibility index (Phi) is 9.23. The molecule has 2 aromatic rings. The highest BCUT2D eigenvalue weighted by molar-refractivity contribution is 7.84. The molecule has 2 aliphatic heterocycles. The number of hydrogen-bond acceptors (Lipinski definition) is 4. The summed E-state index contributed by atoms with van der Waals surface area (Å²) in [5.41, 5.74) is 4.11. The highest BCUT2D eigenvalue weighted by Gasteiger charge is 2.35. The maximum Gasteiger partial charge on any atom is 0.263 e. The number of ether oxygens (including phenoxy) is 1. The van der Waals surface area contributed by atoms with Gasteiger partial charge in [-0.25, -0.2) is 4.21 Å². The van der Waals surface area contributed by atoms with E-state index in [9.17, 15) is 9.00 Å². The molecule has 0 saturated heterocycles. The van der Waals surface area contributed by atoms with Crippen LogP contribution in [-0.4, -0.2) is 35.1 Å². The monoisotopic (exact) mass is 570 g/mol. The number of benzene rings is 2. The fourth-order valence-corrected chi connectivity index (χ4v) is 7.80. The van der Waals surface area contributed by atoms with Crippen LogP contribution in [-0.2, 0) is 17.4 Å². The molecule has 0 spiro atoms. The van der Waals surface area contributed by atoms with Crippen LogP contribution in [0.5, 0.6) is 5.75 Å². The first kappa shape index (κ1) is 28.5. The van der Waals surface area contributed by atoms with E-state index < -0.39 is 11.0 Å². The second kappa shape index (κ2) is 12.6. The number of halogens is 1. The van der Waals surface area contributed by atoms with Gasteiger partial charge in [-0.3, -0.25) is 9.52 Å². The van der Waals surface area contributed by atoms with E-state index in [-0.39, 0.29) is 17.1 Å². The molecule has 3 aliphatic rings. The Balaban J connectivity index is 1.49. The summed E-state index contributed by atoms with van der Waals surface area (Å²) in [7, 11) is -1.43. The number of fused-ring (bicyclic) bond motifs is 2. The molecule has 6 atom stereocenters. The lowest BCUT2D eigenvalue weighted by Crippen LogP contribution is -2.40. The van der Waals surface area contributed by atoms with Gasteiger partial charge in [0.25, 0.3) is 5.91 Å². The molecular weight excluding hydrogens is 528 g/mol. The van der Waals surface area contributed by atoms with E-state index in [2.05, 4.69) is 35.6 Å². The van der Waals surface area contributed by atoms with Crippen molar-refractivity contribution in [3.63, 3.8) is 0 Å². The van der Waals surface area contributed by atoms with Crippen LogP contribution in [0.2, 0.25) is 5.02 Å². The van der Waals surface area contributed by atoms with Crippen LogP contribution >= 0.6 is 11.6 Å². The van der Waals surface area contributed by atoms with Gasteiger partial charge in [-0.05, 0) is 91.8 Å². The molecule has 1 saturated carbocycles. The van der Waals surface area contributed by atoms with Gasteiger partial charge >= 0.3 is 0 Å². The summed E-state index contributed by atoms with van der Waals surface area (Å²) < 4.78 is 22.3. The lowest BCUT2D eigenvalue weighted by Gasteiger charge is -2.41. The van der Waals surface area contributed by atoms with Crippen molar-refractivity contribution in [3.05, 3.63) is 58.1 Å². The first-order valence-electron chi connectivity index (χ1n) is 14.9. The zero-order valence-corrected chi connectivity index (χ0v) is 25.2. The van der Waals surface area contributed by atoms with Gasteiger partial charge in [-0.15, -0.1) is 0 Å². The van der Waals surface area contributed by atoms with E-state index in [1.54, 1.807) is 6.07 Å². The molecular formula is C32H43ClN2O3S. The Bertz CT molecular complexity index is 1200. The van der Waals surface area contributed by atoms with Crippen LogP contribution in [0.4, 0.5) is 5.69 Å². The number of nitrogens with one attached hydrogen (secondary N) is 1. The van der Waals surface area contributed by atoms with Crippen LogP contribution in [0.1, 0.15) is 93.1 Å². The van der Waals surface area contributed by atoms with Gasteiger partial charge in [0.1, 0.15) is 16.7 Å². The van der Waals surface area contributed by atoms with Gasteiger partial charge in [0.15, 0.2) is 0 Å². The summed E-state index contributed by atoms with van der Waals surface area (Å²) in [6.07, 6.45) is 9.30. The molecule has 2 aromatic carbocycles. The second-order valence-electron chi connectivity index (χ2n) is 12.0. The Morgan fingerprint density at radius 1 is 1.03 bits per heavy atom. The number of hydrogen-bond donors (Lipinski definition) is 1. The van der Waals surface area contributed by atoms with Crippen LogP contribution in [0.3, 0.4) is 0 Å². The summed E-state index contributed by atoms with van der Waals surface area (Å²) in [6.45, 7) is 8.74. The first-order valence-corrected chi connectivity index (χ1v) is 16.4. The summed E-state index contributed by atoms with van der Waals surface area (Å²) in [4.78, 5) is 15.7. The fraction of sp³-hybridized carbons (Fsp3) is 0.594. The van der Waals surface area contributed by atoms with E-state index >= 15 is 0 Å². The summed E-state index contributed by atoms with van der Waals surface area (Å²) in [5, 5.41) is 0.690. The number of carbonyl (C=O) groups is 1. The maximum absolute atomic E-state index is 13.2. The van der Waals surface area contributed by atoms with E-state index in [1.165, 1.54) is 36.8 Å². The lowest BCUT2D eigenvalue weighted by molar-refractivity contribution is 0.0982. The molecule has 5 nitrogen and oxygen atoms in total. The predicted molar refractivity (Wildman–Crippen MR) is 161 cm³/mol. The van der Waals surface area contributed by atoms with Crippen LogP contribution < -0.4 is 14.4 Å². The minimum atomic E-state index is -1.43. The van der Waals surface area contributed by atoms with Crippen molar-refractivity contribution < 1.29 is 13.7 Å². The molecule has 7 heteroatoms. The normalized spacial score (nSPS) is 29.8. The van der Waals surface area contributed by atoms with Crippen molar-refractivity contribution in [3.8, 4) is 5.75 Å². The Morgan fingerprint density at radius 2 is 1.82 bits per heavy atom. The standard InChI is InChI=1S/C32H43ClN2O3S/c1-4-7-24-16-28(33)13-14-29(24)27-19-35-18-26-11-10-23(26)9-6-5-8-21(2)22(3)39(37)34-32(36)25-12-15-31(38-20-27)30(35)17-25/h12-17,21-23,26-27H,4-11,18-20H2,1-3H3,(H,34,36). The van der Waals surface area contributed by atoms with Crippen LogP contribution in [0.25, 0.3) is 0 Å². The number of aryl methyl sites for hydroxylation is 1. The topological polar surface area (TPSA) is 58.6 Å². The molecule has 0 radical (unpaired) electrons. The van der Waals surface area contributed by atoms with Crippen molar-refractivity contribution in [2.24, 2.45) is 17.8 Å². The van der Waals surface area contributed by atoms with E-state index in [4.69, 9.17) is 16.3 Å². The third-order valence-electron chi connectivity index (χ3n) is 9.35. The van der Waals surface area contributed by atoms with Gasteiger partial charge < -0.3 is 9.64 Å². The molecule has 1 aliphatic carbocycles. The van der Waals surface area contributed by atoms with Crippen molar-refractivity contribution >= 4 is 34.2 Å². The third kappa shape index (κ3) is 6.48. The molecule has 1 fully saturated rings. The fourth-order valence-electron chi connectivity index (χ4n) is 6.56. The molecule has 39 heavy (non-hydrogen) atoms. The average molecular weight is 571 g/mol. The molecule has 2 bridgehead atoms. The molecule has 1 amide bonds. The SMILES string of the molecule is CCCc1cc(Cl)ccc1C1COc2ccc3cc2N(C1)CC1CCC1CCCCC(C)C(C)S(=O)NC3=O. The predicted octanol–water partition coefficient (Wildman–Crippen LogP) is 7.29. The average Bonchev–Trinajstić information content (AvgIpc) is 3.09. The molecule has 0 aromatic heterocycles. The zero-order valence-electron chi connectivity index (χ0n) is 23.6. The smallest absolute Gasteiger partial charge is 0.263 e. The van der Waals surface area contributed by atoms with Crippen molar-refractivity contribution in [1.82, 2.24) is 4.72 Å². The van der Waals surface area contributed by atoms with Crippen LogP contribution in [0, 0.1) is 17.8 Å². The number of nitrogens with zero attached hydrogens (tertiary/aromatic N) is 1. The highest BCUT2D eigenvalue weighted by Crippen LogP contribution is 2.43. The lowest BCUT2D eigenvalue weighted by atomic mass is 9.70. The summed E-state index contributed by atoms with van der Waals surface area (Å²) in [5.74, 6) is 2.45. The Morgan fingerprint density at radius 3 is 2.59 bits per heavy atom. The number of anilines is 1. The molecule has 2 heterocycles. The number of carbonyl (C=O) groups excluding carboxylic acids is 1. The summed E-state index contributed by atoms with van der Waals surface area (Å²) in [6, 6.07) is 12.0. The van der Waals surface area contributed by atoms with Gasteiger partial charge in [0.05, 0.1) is 17.5 Å². The quantitative estimate of drug-likeness (QED) is 0.421. The Labute approximate surface area is 241 Å². The molecule has 5 rings (SSSR count). The van der Waals surface area contributed by atoms with Crippen molar-refractivity contribution in [2.75, 3.05) is 24.6 Å². The van der Waals surface area contributed by atoms with E-state index in [1.807, 2.05) is 25.1 Å². The number of amides is 1. The Hall–Kier alpha value is -2.05. The van der Waals surface area contributed by atoms with Gasteiger partial charge in [0.2, 0.25) is 0 Å². The minimum Gasteiger partial charge on any atom is -0.491 e. The van der Waals surface area contributed by atoms with Crippen molar-refractivity contribution in [2.45, 2.75) is 83.3 Å². The van der Waals surface area contributed by atoms with Gasteiger partial charge in [-0.1, -0.05) is 57.2 Å². The number of rotatable bonds is 3. The van der Waals surface area contributed by atoms with E-state index in [0.29, 0.717) is 24.0 Å². The largest absolute Gasteiger partial charge is 0.491 e. The minimum absolute atomic E-state index is 0.0867. The van der Waals surface area contributed by atoms with Gasteiger partial charge in [-0.2, -0.15) is 0 Å². The second-order valence-corrected chi connectivity index (χ2v) is 14.0. The highest BCUT2D eigenvalue weighted by atomic mass is 35.5.